The van der Waals surface area contributed by atoms with E-state index in [0.29, 0.717) is 27.5 Å². The Morgan fingerprint density at radius 2 is 2.00 bits per heavy atom. The van der Waals surface area contributed by atoms with Crippen molar-refractivity contribution in [2.75, 3.05) is 5.75 Å². The van der Waals surface area contributed by atoms with Crippen LogP contribution < -0.4 is 5.56 Å². The van der Waals surface area contributed by atoms with Gasteiger partial charge in [-0.25, -0.2) is 4.98 Å². The lowest BCUT2D eigenvalue weighted by Crippen LogP contribution is -2.21. The Labute approximate surface area is 155 Å². The lowest BCUT2D eigenvalue weighted by molar-refractivity contribution is 0.817. The number of halogens is 1. The molecule has 126 valence electrons. The predicted molar refractivity (Wildman–Crippen MR) is 103 cm³/mol. The predicted octanol–water partition coefficient (Wildman–Crippen LogP) is 4.74. The van der Waals surface area contributed by atoms with Gasteiger partial charge in [0.2, 0.25) is 0 Å². The largest absolute Gasteiger partial charge is 0.268 e. The standard InChI is InChI=1S/C19H16ClN3OS/c1-13-4-7-15(8-5-13)23-18(24)16-9-6-14(20)12-17(16)22-19(23)25-11-3-2-10-21/h4-9,12H,2-3,11H2,1H3. The van der Waals surface area contributed by atoms with Gasteiger partial charge in [-0.1, -0.05) is 41.1 Å². The number of hydrogen-bond acceptors (Lipinski definition) is 4. The van der Waals surface area contributed by atoms with Crippen LogP contribution in [0.2, 0.25) is 5.02 Å². The number of unbranched alkanes of at least 4 members (excludes halogenated alkanes) is 1. The van der Waals surface area contributed by atoms with Crippen LogP contribution in [0.25, 0.3) is 16.6 Å². The van der Waals surface area contributed by atoms with Gasteiger partial charge in [0.05, 0.1) is 22.7 Å². The normalized spacial score (nSPS) is 10.8. The van der Waals surface area contributed by atoms with Gasteiger partial charge >= 0.3 is 0 Å². The smallest absolute Gasteiger partial charge is 0.266 e. The van der Waals surface area contributed by atoms with E-state index in [2.05, 4.69) is 11.1 Å². The molecule has 0 unspecified atom stereocenters. The molecule has 0 bridgehead atoms. The molecule has 0 aliphatic carbocycles. The van der Waals surface area contributed by atoms with E-state index in [1.165, 1.54) is 11.8 Å². The number of thioether (sulfide) groups is 1. The highest BCUT2D eigenvalue weighted by Crippen LogP contribution is 2.24. The summed E-state index contributed by atoms with van der Waals surface area (Å²) in [7, 11) is 0. The van der Waals surface area contributed by atoms with Crippen LogP contribution in [0, 0.1) is 18.3 Å². The second-order valence-corrected chi connectivity index (χ2v) is 7.14. The number of aryl methyl sites for hydroxylation is 1. The average molecular weight is 370 g/mol. The molecule has 0 amide bonds. The molecule has 0 spiro atoms. The number of benzene rings is 2. The van der Waals surface area contributed by atoms with E-state index in [4.69, 9.17) is 16.9 Å². The Bertz CT molecular complexity index is 1010. The summed E-state index contributed by atoms with van der Waals surface area (Å²) in [6.07, 6.45) is 1.24. The fourth-order valence-corrected chi connectivity index (χ4v) is 3.59. The monoisotopic (exact) mass is 369 g/mol. The maximum atomic E-state index is 13.0. The molecule has 0 radical (unpaired) electrons. The van der Waals surface area contributed by atoms with Gasteiger partial charge in [0.1, 0.15) is 0 Å². The van der Waals surface area contributed by atoms with Crippen molar-refractivity contribution in [3.05, 3.63) is 63.4 Å². The van der Waals surface area contributed by atoms with Crippen LogP contribution in [0.3, 0.4) is 0 Å². The molecule has 3 aromatic rings. The minimum Gasteiger partial charge on any atom is -0.268 e. The van der Waals surface area contributed by atoms with Crippen LogP contribution in [-0.4, -0.2) is 15.3 Å². The first-order valence-electron chi connectivity index (χ1n) is 7.89. The molecule has 0 aliphatic heterocycles. The van der Waals surface area contributed by atoms with E-state index < -0.39 is 0 Å². The first-order valence-corrected chi connectivity index (χ1v) is 9.25. The molecule has 2 aromatic carbocycles. The van der Waals surface area contributed by atoms with Gasteiger partial charge in [0.15, 0.2) is 5.16 Å². The van der Waals surface area contributed by atoms with E-state index in [-0.39, 0.29) is 5.56 Å². The maximum absolute atomic E-state index is 13.0. The van der Waals surface area contributed by atoms with E-state index in [1.807, 2.05) is 31.2 Å². The summed E-state index contributed by atoms with van der Waals surface area (Å²) >= 11 is 7.53. The molecule has 0 N–H and O–H groups in total. The Balaban J connectivity index is 2.15. The number of fused-ring (bicyclic) bond motifs is 1. The average Bonchev–Trinajstić information content (AvgIpc) is 2.60. The minimum atomic E-state index is -0.117. The molecule has 6 heteroatoms. The number of nitrogens with zero attached hydrogens (tertiary/aromatic N) is 3. The molecule has 0 saturated heterocycles. The summed E-state index contributed by atoms with van der Waals surface area (Å²) in [4.78, 5) is 17.7. The van der Waals surface area contributed by atoms with Crippen molar-refractivity contribution < 1.29 is 0 Å². The van der Waals surface area contributed by atoms with Gasteiger partial charge in [-0.2, -0.15) is 5.26 Å². The van der Waals surface area contributed by atoms with Crippen LogP contribution in [0.1, 0.15) is 18.4 Å². The first kappa shape index (κ1) is 17.5. The van der Waals surface area contributed by atoms with Crippen molar-refractivity contribution in [2.45, 2.75) is 24.9 Å². The summed E-state index contributed by atoms with van der Waals surface area (Å²) in [5.41, 5.74) is 2.38. The third-order valence-corrected chi connectivity index (χ3v) is 5.02. The van der Waals surface area contributed by atoms with Crippen LogP contribution in [-0.2, 0) is 0 Å². The first-order chi connectivity index (χ1) is 12.1. The zero-order chi connectivity index (χ0) is 17.8. The molecule has 3 rings (SSSR count). The molecule has 25 heavy (non-hydrogen) atoms. The fraction of sp³-hybridized carbons (Fsp3) is 0.211. The Hall–Kier alpha value is -2.29. The quantitative estimate of drug-likeness (QED) is 0.370. The minimum absolute atomic E-state index is 0.117. The van der Waals surface area contributed by atoms with E-state index >= 15 is 0 Å². The lowest BCUT2D eigenvalue weighted by atomic mass is 10.2. The van der Waals surface area contributed by atoms with Crippen LogP contribution in [0.4, 0.5) is 0 Å². The van der Waals surface area contributed by atoms with Gasteiger partial charge in [-0.3, -0.25) is 9.36 Å². The molecule has 0 atom stereocenters. The van der Waals surface area contributed by atoms with Crippen LogP contribution in [0.5, 0.6) is 0 Å². The molecule has 0 aliphatic rings. The highest BCUT2D eigenvalue weighted by molar-refractivity contribution is 7.99. The highest BCUT2D eigenvalue weighted by Gasteiger charge is 2.13. The van der Waals surface area contributed by atoms with Gasteiger partial charge < -0.3 is 0 Å². The summed E-state index contributed by atoms with van der Waals surface area (Å²) in [6, 6.07) is 15.0. The highest BCUT2D eigenvalue weighted by atomic mass is 35.5. The Morgan fingerprint density at radius 1 is 1.24 bits per heavy atom. The van der Waals surface area contributed by atoms with Crippen molar-refractivity contribution in [3.8, 4) is 11.8 Å². The zero-order valence-corrected chi connectivity index (χ0v) is 15.3. The molecule has 0 fully saturated rings. The number of rotatable bonds is 5. The van der Waals surface area contributed by atoms with Crippen molar-refractivity contribution in [1.29, 1.82) is 5.26 Å². The van der Waals surface area contributed by atoms with E-state index in [0.717, 1.165) is 23.4 Å². The van der Waals surface area contributed by atoms with Crippen molar-refractivity contribution in [2.24, 2.45) is 0 Å². The molecule has 4 nitrogen and oxygen atoms in total. The SMILES string of the molecule is Cc1ccc(-n2c(SCCCC#N)nc3cc(Cl)ccc3c2=O)cc1. The summed E-state index contributed by atoms with van der Waals surface area (Å²) in [6.45, 7) is 2.00. The van der Waals surface area contributed by atoms with Crippen molar-refractivity contribution in [1.82, 2.24) is 9.55 Å². The topological polar surface area (TPSA) is 58.7 Å². The van der Waals surface area contributed by atoms with Gasteiger partial charge in [-0.15, -0.1) is 0 Å². The van der Waals surface area contributed by atoms with Crippen molar-refractivity contribution in [3.63, 3.8) is 0 Å². The summed E-state index contributed by atoms with van der Waals surface area (Å²) in [5, 5.41) is 10.4. The molecular formula is C19H16ClN3OS. The van der Waals surface area contributed by atoms with Crippen LogP contribution in [0.15, 0.2) is 52.4 Å². The molecule has 0 saturated carbocycles. The second-order valence-electron chi connectivity index (χ2n) is 5.64. The number of aromatic nitrogens is 2. The number of nitriles is 1. The molecular weight excluding hydrogens is 354 g/mol. The number of hydrogen-bond donors (Lipinski definition) is 0. The van der Waals surface area contributed by atoms with Crippen LogP contribution >= 0.6 is 23.4 Å². The van der Waals surface area contributed by atoms with Gasteiger partial charge in [-0.05, 0) is 43.7 Å². The summed E-state index contributed by atoms with van der Waals surface area (Å²) < 4.78 is 1.63. The second kappa shape index (κ2) is 7.73. The Morgan fingerprint density at radius 3 is 2.72 bits per heavy atom. The maximum Gasteiger partial charge on any atom is 0.266 e. The van der Waals surface area contributed by atoms with E-state index in [9.17, 15) is 4.79 Å². The van der Waals surface area contributed by atoms with E-state index in [1.54, 1.807) is 22.8 Å². The lowest BCUT2D eigenvalue weighted by Gasteiger charge is -2.13. The third kappa shape index (κ3) is 3.87. The molecule has 1 aromatic heterocycles. The summed E-state index contributed by atoms with van der Waals surface area (Å²) in [5.74, 6) is 0.720. The van der Waals surface area contributed by atoms with Gasteiger partial charge in [0.25, 0.3) is 5.56 Å². The molecule has 1 heterocycles. The fourth-order valence-electron chi connectivity index (χ4n) is 2.47. The zero-order valence-electron chi connectivity index (χ0n) is 13.7. The Kier molecular flexibility index (Phi) is 5.42. The van der Waals surface area contributed by atoms with Gasteiger partial charge in [0, 0.05) is 17.2 Å². The third-order valence-electron chi connectivity index (χ3n) is 3.76. The van der Waals surface area contributed by atoms with Crippen molar-refractivity contribution >= 4 is 34.3 Å².